The molecule has 5 nitrogen and oxygen atoms in total. The molecule has 0 bridgehead atoms. The lowest BCUT2D eigenvalue weighted by molar-refractivity contribution is 0.0660. The molecular weight excluding hydrogens is 280 g/mol. The molecule has 0 spiro atoms. The van der Waals surface area contributed by atoms with Crippen molar-refractivity contribution in [2.45, 2.75) is 18.4 Å². The molecule has 0 aliphatic carbocycles. The molecule has 0 atom stereocenters. The van der Waals surface area contributed by atoms with Gasteiger partial charge in [0.05, 0.1) is 5.75 Å². The molecule has 6 heteroatoms. The lowest BCUT2D eigenvalue weighted by atomic mass is 10.2. The predicted molar refractivity (Wildman–Crippen MR) is 73.2 cm³/mol. The second-order valence-corrected chi connectivity index (χ2v) is 6.65. The highest BCUT2D eigenvalue weighted by atomic mass is 32.2. The fourth-order valence-corrected chi connectivity index (χ4v) is 3.17. The standard InChI is InChI=1S/C14H14O5S/c1-10-2-4-11(5-3-10)8-20(17,18)9-12-6-7-13(19-12)14(15)16/h2-7H,8-9H2,1H3,(H,15,16). The molecular formula is C14H14O5S. The highest BCUT2D eigenvalue weighted by molar-refractivity contribution is 7.89. The highest BCUT2D eigenvalue weighted by Crippen LogP contribution is 2.15. The van der Waals surface area contributed by atoms with Gasteiger partial charge < -0.3 is 9.52 Å². The normalized spacial score (nSPS) is 11.4. The molecule has 0 radical (unpaired) electrons. The van der Waals surface area contributed by atoms with Crippen molar-refractivity contribution in [1.82, 2.24) is 0 Å². The number of hydrogen-bond acceptors (Lipinski definition) is 4. The van der Waals surface area contributed by atoms with Crippen molar-refractivity contribution in [2.24, 2.45) is 0 Å². The summed E-state index contributed by atoms with van der Waals surface area (Å²) in [7, 11) is -3.40. The summed E-state index contributed by atoms with van der Waals surface area (Å²) < 4.78 is 29.0. The van der Waals surface area contributed by atoms with Gasteiger partial charge in [-0.3, -0.25) is 0 Å². The van der Waals surface area contributed by atoms with Crippen LogP contribution in [0.1, 0.15) is 27.4 Å². The number of carboxylic acid groups (broad SMARTS) is 1. The molecule has 2 aromatic rings. The van der Waals surface area contributed by atoms with Crippen LogP contribution in [0.5, 0.6) is 0 Å². The zero-order valence-electron chi connectivity index (χ0n) is 10.9. The number of aromatic carboxylic acids is 1. The molecule has 20 heavy (non-hydrogen) atoms. The number of aryl methyl sites for hydroxylation is 1. The van der Waals surface area contributed by atoms with Crippen LogP contribution in [0.2, 0.25) is 0 Å². The van der Waals surface area contributed by atoms with E-state index in [0.29, 0.717) is 5.56 Å². The van der Waals surface area contributed by atoms with Crippen molar-refractivity contribution in [2.75, 3.05) is 0 Å². The smallest absolute Gasteiger partial charge is 0.371 e. The number of carboxylic acids is 1. The average molecular weight is 294 g/mol. The molecule has 0 unspecified atom stereocenters. The Labute approximate surface area is 116 Å². The van der Waals surface area contributed by atoms with Crippen molar-refractivity contribution in [1.29, 1.82) is 0 Å². The Bertz CT molecular complexity index is 710. The van der Waals surface area contributed by atoms with Gasteiger partial charge in [0.1, 0.15) is 11.5 Å². The van der Waals surface area contributed by atoms with Gasteiger partial charge in [0, 0.05) is 0 Å². The Morgan fingerprint density at radius 2 is 1.75 bits per heavy atom. The first-order valence-electron chi connectivity index (χ1n) is 5.94. The fourth-order valence-electron chi connectivity index (χ4n) is 1.78. The molecule has 0 amide bonds. The van der Waals surface area contributed by atoms with Crippen molar-refractivity contribution < 1.29 is 22.7 Å². The van der Waals surface area contributed by atoms with Crippen LogP contribution in [0, 0.1) is 6.92 Å². The summed E-state index contributed by atoms with van der Waals surface area (Å²) in [6.45, 7) is 1.93. The van der Waals surface area contributed by atoms with Gasteiger partial charge in [-0.05, 0) is 24.6 Å². The Morgan fingerprint density at radius 3 is 2.30 bits per heavy atom. The molecule has 1 aromatic heterocycles. The van der Waals surface area contributed by atoms with Crippen molar-refractivity contribution in [3.05, 3.63) is 59.0 Å². The maximum absolute atomic E-state index is 12.0. The van der Waals surface area contributed by atoms with Gasteiger partial charge in [0.15, 0.2) is 9.84 Å². The van der Waals surface area contributed by atoms with E-state index in [4.69, 9.17) is 9.52 Å². The average Bonchev–Trinajstić information content (AvgIpc) is 2.79. The van der Waals surface area contributed by atoms with Crippen LogP contribution in [-0.2, 0) is 21.3 Å². The van der Waals surface area contributed by atoms with Crippen LogP contribution >= 0.6 is 0 Å². The SMILES string of the molecule is Cc1ccc(CS(=O)(=O)Cc2ccc(C(=O)O)o2)cc1. The monoisotopic (exact) mass is 294 g/mol. The van der Waals surface area contributed by atoms with Gasteiger partial charge in [0.2, 0.25) is 5.76 Å². The topological polar surface area (TPSA) is 84.6 Å². The molecule has 0 saturated heterocycles. The van der Waals surface area contributed by atoms with E-state index < -0.39 is 15.8 Å². The molecule has 1 aromatic carbocycles. The minimum absolute atomic E-state index is 0.101. The summed E-state index contributed by atoms with van der Waals surface area (Å²) in [4.78, 5) is 10.7. The first-order chi connectivity index (χ1) is 9.35. The summed E-state index contributed by atoms with van der Waals surface area (Å²) in [5, 5.41) is 8.71. The summed E-state index contributed by atoms with van der Waals surface area (Å²) in [6.07, 6.45) is 0. The lowest BCUT2D eigenvalue weighted by Crippen LogP contribution is -2.07. The Balaban J connectivity index is 2.10. The molecule has 0 saturated carbocycles. The predicted octanol–water partition coefficient (Wildman–Crippen LogP) is 2.40. The maximum Gasteiger partial charge on any atom is 0.371 e. The van der Waals surface area contributed by atoms with Crippen molar-refractivity contribution in [3.8, 4) is 0 Å². The van der Waals surface area contributed by atoms with E-state index in [2.05, 4.69) is 0 Å². The number of benzene rings is 1. The van der Waals surface area contributed by atoms with Crippen LogP contribution in [0.3, 0.4) is 0 Å². The molecule has 0 aliphatic heterocycles. The fraction of sp³-hybridized carbons (Fsp3) is 0.214. The Morgan fingerprint density at radius 1 is 1.10 bits per heavy atom. The number of carbonyl (C=O) groups is 1. The second kappa shape index (κ2) is 5.50. The van der Waals surface area contributed by atoms with Gasteiger partial charge >= 0.3 is 5.97 Å². The quantitative estimate of drug-likeness (QED) is 0.915. The minimum atomic E-state index is -3.40. The highest BCUT2D eigenvalue weighted by Gasteiger charge is 2.17. The number of furan rings is 1. The molecule has 106 valence electrons. The van der Waals surface area contributed by atoms with Crippen molar-refractivity contribution in [3.63, 3.8) is 0 Å². The molecule has 2 rings (SSSR count). The van der Waals surface area contributed by atoms with Crippen LogP contribution in [-0.4, -0.2) is 19.5 Å². The zero-order valence-corrected chi connectivity index (χ0v) is 11.7. The lowest BCUT2D eigenvalue weighted by Gasteiger charge is -2.03. The van der Waals surface area contributed by atoms with E-state index >= 15 is 0 Å². The summed E-state index contributed by atoms with van der Waals surface area (Å²) >= 11 is 0. The zero-order chi connectivity index (χ0) is 14.8. The largest absolute Gasteiger partial charge is 0.475 e. The van der Waals surface area contributed by atoms with Crippen molar-refractivity contribution >= 4 is 15.8 Å². The molecule has 0 fully saturated rings. The maximum atomic E-state index is 12.0. The number of rotatable bonds is 5. The van der Waals surface area contributed by atoms with E-state index in [9.17, 15) is 13.2 Å². The Hall–Kier alpha value is -2.08. The Kier molecular flexibility index (Phi) is 3.94. The van der Waals surface area contributed by atoms with Gasteiger partial charge in [-0.25, -0.2) is 13.2 Å². The van der Waals surface area contributed by atoms with E-state index in [-0.39, 0.29) is 23.0 Å². The van der Waals surface area contributed by atoms with Crippen LogP contribution in [0.4, 0.5) is 0 Å². The van der Waals surface area contributed by atoms with E-state index in [1.807, 2.05) is 19.1 Å². The van der Waals surface area contributed by atoms with E-state index in [1.165, 1.54) is 12.1 Å². The molecule has 1 heterocycles. The minimum Gasteiger partial charge on any atom is -0.475 e. The van der Waals surface area contributed by atoms with Crippen LogP contribution in [0.15, 0.2) is 40.8 Å². The number of hydrogen-bond donors (Lipinski definition) is 1. The van der Waals surface area contributed by atoms with Gasteiger partial charge in [-0.15, -0.1) is 0 Å². The second-order valence-electron chi connectivity index (χ2n) is 4.59. The third kappa shape index (κ3) is 3.71. The first kappa shape index (κ1) is 14.3. The van der Waals surface area contributed by atoms with Gasteiger partial charge in [-0.1, -0.05) is 29.8 Å². The van der Waals surface area contributed by atoms with Gasteiger partial charge in [-0.2, -0.15) is 0 Å². The molecule has 1 N–H and O–H groups in total. The third-order valence-electron chi connectivity index (χ3n) is 2.74. The van der Waals surface area contributed by atoms with Crippen LogP contribution < -0.4 is 0 Å². The van der Waals surface area contributed by atoms with Crippen LogP contribution in [0.25, 0.3) is 0 Å². The molecule has 0 aliphatic rings. The van der Waals surface area contributed by atoms with Gasteiger partial charge in [0.25, 0.3) is 0 Å². The number of sulfone groups is 1. The van der Waals surface area contributed by atoms with E-state index in [0.717, 1.165) is 5.56 Å². The van der Waals surface area contributed by atoms with E-state index in [1.54, 1.807) is 12.1 Å². The summed E-state index contributed by atoms with van der Waals surface area (Å²) in [6, 6.07) is 9.84. The first-order valence-corrected chi connectivity index (χ1v) is 7.76. The summed E-state index contributed by atoms with van der Waals surface area (Å²) in [5.74, 6) is -1.75. The summed E-state index contributed by atoms with van der Waals surface area (Å²) in [5.41, 5.74) is 1.75. The third-order valence-corrected chi connectivity index (χ3v) is 4.24.